The van der Waals surface area contributed by atoms with E-state index in [2.05, 4.69) is 4.98 Å². The molecule has 0 aliphatic carbocycles. The number of hydrogen-bond acceptors (Lipinski definition) is 6. The number of amides is 2. The molecule has 150 valence electrons. The molecule has 2 heterocycles. The molecule has 8 nitrogen and oxygen atoms in total. The molecule has 0 bridgehead atoms. The van der Waals surface area contributed by atoms with Gasteiger partial charge in [0.15, 0.2) is 11.9 Å². The number of rotatable bonds is 6. The summed E-state index contributed by atoms with van der Waals surface area (Å²) in [6.07, 6.45) is -1.16. The summed E-state index contributed by atoms with van der Waals surface area (Å²) in [6.45, 7) is 5.53. The van der Waals surface area contributed by atoms with Crippen molar-refractivity contribution in [2.45, 2.75) is 33.8 Å². The first-order valence-corrected chi connectivity index (χ1v) is 9.02. The Labute approximate surface area is 166 Å². The van der Waals surface area contributed by atoms with Crippen LogP contribution in [0, 0.1) is 13.8 Å². The zero-order valence-corrected chi connectivity index (χ0v) is 16.5. The van der Waals surface area contributed by atoms with Crippen LogP contribution in [0.1, 0.15) is 66.7 Å². The average Bonchev–Trinajstić information content (AvgIpc) is 3.09. The van der Waals surface area contributed by atoms with Crippen LogP contribution in [-0.4, -0.2) is 51.9 Å². The molecule has 2 aromatic rings. The minimum atomic E-state index is -1.16. The second-order valence-electron chi connectivity index (χ2n) is 6.92. The lowest BCUT2D eigenvalue weighted by Crippen LogP contribution is -2.37. The molecule has 1 aliphatic rings. The van der Waals surface area contributed by atoms with Gasteiger partial charge in [-0.25, -0.2) is 0 Å². The maximum absolute atomic E-state index is 12.7. The number of benzene rings is 1. The van der Waals surface area contributed by atoms with Crippen molar-refractivity contribution in [3.63, 3.8) is 0 Å². The maximum atomic E-state index is 12.7. The van der Waals surface area contributed by atoms with Gasteiger partial charge in [0.1, 0.15) is 6.54 Å². The Hall–Kier alpha value is -3.55. The van der Waals surface area contributed by atoms with E-state index in [4.69, 9.17) is 4.74 Å². The summed E-state index contributed by atoms with van der Waals surface area (Å²) in [5.74, 6) is -2.72. The lowest BCUT2D eigenvalue weighted by molar-refractivity contribution is -0.146. The molecule has 1 N–H and O–H groups in total. The third-order valence-corrected chi connectivity index (χ3v) is 4.88. The second kappa shape index (κ2) is 7.46. The predicted molar refractivity (Wildman–Crippen MR) is 102 cm³/mol. The topological polar surface area (TPSA) is 114 Å². The van der Waals surface area contributed by atoms with Gasteiger partial charge >= 0.3 is 5.97 Å². The Kier molecular flexibility index (Phi) is 5.19. The zero-order valence-electron chi connectivity index (χ0n) is 16.5. The van der Waals surface area contributed by atoms with Crippen LogP contribution in [-0.2, 0) is 9.53 Å². The fourth-order valence-corrected chi connectivity index (χ4v) is 3.53. The van der Waals surface area contributed by atoms with Crippen molar-refractivity contribution in [1.82, 2.24) is 9.88 Å². The molecule has 1 atom stereocenters. The number of hydrogen-bond donors (Lipinski definition) is 1. The summed E-state index contributed by atoms with van der Waals surface area (Å²) < 4.78 is 5.15. The number of carbonyl (C=O) groups is 5. The Bertz CT molecular complexity index is 1030. The molecule has 3 rings (SSSR count). The van der Waals surface area contributed by atoms with E-state index in [1.54, 1.807) is 26.0 Å². The van der Waals surface area contributed by atoms with Gasteiger partial charge in [-0.1, -0.05) is 12.1 Å². The van der Waals surface area contributed by atoms with E-state index in [1.807, 2.05) is 0 Å². The molecule has 29 heavy (non-hydrogen) atoms. The van der Waals surface area contributed by atoms with Gasteiger partial charge in [-0.15, -0.1) is 0 Å². The van der Waals surface area contributed by atoms with Crippen LogP contribution >= 0.6 is 0 Å². The first-order valence-electron chi connectivity index (χ1n) is 9.02. The molecule has 0 saturated heterocycles. The van der Waals surface area contributed by atoms with Crippen molar-refractivity contribution in [3.05, 3.63) is 57.9 Å². The van der Waals surface area contributed by atoms with Gasteiger partial charge < -0.3 is 9.72 Å². The minimum absolute atomic E-state index is 0.175. The number of esters is 1. The van der Waals surface area contributed by atoms with Crippen molar-refractivity contribution >= 4 is 29.4 Å². The van der Waals surface area contributed by atoms with Crippen LogP contribution in [0.25, 0.3) is 0 Å². The first kappa shape index (κ1) is 20.2. The lowest BCUT2D eigenvalue weighted by Gasteiger charge is -2.16. The molecule has 0 unspecified atom stereocenters. The van der Waals surface area contributed by atoms with Crippen LogP contribution in [0.4, 0.5) is 0 Å². The number of Topliss-reactive ketones (excluding diaryl/α,β-unsaturated/α-hetero) is 2. The van der Waals surface area contributed by atoms with Gasteiger partial charge in [0.25, 0.3) is 11.8 Å². The first-order chi connectivity index (χ1) is 13.6. The van der Waals surface area contributed by atoms with Crippen molar-refractivity contribution < 1.29 is 28.7 Å². The number of imide groups is 1. The molecule has 2 amide bonds. The van der Waals surface area contributed by atoms with Crippen LogP contribution < -0.4 is 0 Å². The number of aromatic amines is 1. The van der Waals surface area contributed by atoms with E-state index in [9.17, 15) is 24.0 Å². The highest BCUT2D eigenvalue weighted by atomic mass is 16.5. The number of nitrogens with one attached hydrogen (secondary N) is 1. The number of nitrogens with zero attached hydrogens (tertiary/aromatic N) is 1. The molecule has 1 aliphatic heterocycles. The predicted octanol–water partition coefficient (Wildman–Crippen LogP) is 2.24. The van der Waals surface area contributed by atoms with Crippen LogP contribution in [0.3, 0.4) is 0 Å². The average molecular weight is 396 g/mol. The molecule has 0 saturated carbocycles. The Morgan fingerprint density at radius 3 is 2.10 bits per heavy atom. The largest absolute Gasteiger partial charge is 0.453 e. The molecule has 0 radical (unpaired) electrons. The standard InChI is InChI=1S/C21H20N2O6/c1-10-17(12(3)24)11(2)22-18(10)19(26)13(4)29-16(25)9-23-20(27)14-7-5-6-8-15(14)21(23)28/h5-8,13,22H,9H2,1-4H3/t13-/m0/s1. The van der Waals surface area contributed by atoms with Crippen LogP contribution in [0.5, 0.6) is 0 Å². The van der Waals surface area contributed by atoms with E-state index in [1.165, 1.54) is 26.0 Å². The van der Waals surface area contributed by atoms with Crippen LogP contribution in [0.15, 0.2) is 24.3 Å². The second-order valence-corrected chi connectivity index (χ2v) is 6.92. The highest BCUT2D eigenvalue weighted by Gasteiger charge is 2.37. The summed E-state index contributed by atoms with van der Waals surface area (Å²) in [5.41, 5.74) is 2.12. The van der Waals surface area contributed by atoms with Gasteiger partial charge in [0.05, 0.1) is 16.8 Å². The fourth-order valence-electron chi connectivity index (χ4n) is 3.53. The molecular weight excluding hydrogens is 376 g/mol. The zero-order chi connectivity index (χ0) is 21.5. The molecule has 0 fully saturated rings. The maximum Gasteiger partial charge on any atom is 0.326 e. The number of aryl methyl sites for hydroxylation is 1. The van der Waals surface area contributed by atoms with E-state index in [0.29, 0.717) is 16.8 Å². The number of carbonyl (C=O) groups excluding carboxylic acids is 5. The molecule has 8 heteroatoms. The lowest BCUT2D eigenvalue weighted by atomic mass is 10.0. The van der Waals surface area contributed by atoms with Gasteiger partial charge in [-0.05, 0) is 45.4 Å². The van der Waals surface area contributed by atoms with E-state index in [0.717, 1.165) is 4.90 Å². The summed E-state index contributed by atoms with van der Waals surface area (Å²) in [5, 5.41) is 0. The fraction of sp³-hybridized carbons (Fsp3) is 0.286. The van der Waals surface area contributed by atoms with Crippen molar-refractivity contribution in [1.29, 1.82) is 0 Å². The van der Waals surface area contributed by atoms with Crippen LogP contribution in [0.2, 0.25) is 0 Å². The molecule has 0 spiro atoms. The van der Waals surface area contributed by atoms with E-state index in [-0.39, 0.29) is 22.6 Å². The number of aromatic nitrogens is 1. The van der Waals surface area contributed by atoms with Crippen molar-refractivity contribution in [3.8, 4) is 0 Å². The molecule has 1 aromatic carbocycles. The molecule has 1 aromatic heterocycles. The third kappa shape index (κ3) is 3.49. The highest BCUT2D eigenvalue weighted by molar-refractivity contribution is 6.22. The SMILES string of the molecule is CC(=O)c1c(C)[nH]c(C(=O)[C@H](C)OC(=O)CN2C(=O)c3ccccc3C2=O)c1C. The Morgan fingerprint density at radius 2 is 1.62 bits per heavy atom. The van der Waals surface area contributed by atoms with Crippen molar-refractivity contribution in [2.75, 3.05) is 6.54 Å². The number of H-pyrrole nitrogens is 1. The normalized spacial score (nSPS) is 14.0. The number of ketones is 2. The van der Waals surface area contributed by atoms with Gasteiger partial charge in [-0.3, -0.25) is 28.9 Å². The van der Waals surface area contributed by atoms with Gasteiger partial charge in [0.2, 0.25) is 5.78 Å². The quantitative estimate of drug-likeness (QED) is 0.455. The third-order valence-electron chi connectivity index (χ3n) is 4.88. The summed E-state index contributed by atoms with van der Waals surface area (Å²) in [4.78, 5) is 65.0. The van der Waals surface area contributed by atoms with Gasteiger partial charge in [-0.2, -0.15) is 0 Å². The highest BCUT2D eigenvalue weighted by Crippen LogP contribution is 2.23. The van der Waals surface area contributed by atoms with Crippen molar-refractivity contribution in [2.24, 2.45) is 0 Å². The van der Waals surface area contributed by atoms with Gasteiger partial charge in [0, 0.05) is 11.3 Å². The Balaban J connectivity index is 1.70. The summed E-state index contributed by atoms with van der Waals surface area (Å²) in [6, 6.07) is 6.27. The summed E-state index contributed by atoms with van der Waals surface area (Å²) in [7, 11) is 0. The monoisotopic (exact) mass is 396 g/mol. The number of ether oxygens (including phenoxy) is 1. The smallest absolute Gasteiger partial charge is 0.326 e. The summed E-state index contributed by atoms with van der Waals surface area (Å²) >= 11 is 0. The molecular formula is C21H20N2O6. The number of fused-ring (bicyclic) bond motifs is 1. The minimum Gasteiger partial charge on any atom is -0.453 e. The van der Waals surface area contributed by atoms with E-state index < -0.39 is 36.2 Å². The Morgan fingerprint density at radius 1 is 1.07 bits per heavy atom. The van der Waals surface area contributed by atoms with E-state index >= 15 is 0 Å².